The minimum atomic E-state index is -0.948. The average Bonchev–Trinajstić information content (AvgIpc) is 3.27. The number of nitriles is 1. The van der Waals surface area contributed by atoms with E-state index in [1.165, 1.54) is 4.90 Å². The maximum Gasteiger partial charge on any atom is 0.271 e. The number of piperidine rings is 1. The zero-order chi connectivity index (χ0) is 25.5. The number of benzene rings is 2. The van der Waals surface area contributed by atoms with Crippen LogP contribution in [0.25, 0.3) is 10.9 Å². The lowest BCUT2D eigenvalue weighted by atomic mass is 9.80. The summed E-state index contributed by atoms with van der Waals surface area (Å²) in [6, 6.07) is 15.7. The summed E-state index contributed by atoms with van der Waals surface area (Å²) in [7, 11) is 1.59. The summed E-state index contributed by atoms with van der Waals surface area (Å²) in [5.74, 6) is 0.284. The molecule has 1 spiro atoms. The van der Waals surface area contributed by atoms with Crippen LogP contribution in [0.1, 0.15) is 35.3 Å². The molecule has 186 valence electrons. The van der Waals surface area contributed by atoms with Crippen LogP contribution in [0, 0.1) is 17.2 Å². The Morgan fingerprint density at radius 1 is 1.16 bits per heavy atom. The van der Waals surface area contributed by atoms with E-state index in [1.807, 2.05) is 42.5 Å². The topological polar surface area (TPSA) is 119 Å². The number of amides is 3. The normalized spacial score (nSPS) is 29.2. The lowest BCUT2D eigenvalue weighted by Crippen LogP contribution is -2.51. The number of rotatable bonds is 3. The fourth-order valence-electron chi connectivity index (χ4n) is 6.71. The molecular weight excluding hydrogens is 470 g/mol. The van der Waals surface area contributed by atoms with Gasteiger partial charge >= 0.3 is 0 Å². The molecule has 0 radical (unpaired) electrons. The Morgan fingerprint density at radius 3 is 2.81 bits per heavy atom. The number of methoxy groups -OCH3 is 1. The van der Waals surface area contributed by atoms with Gasteiger partial charge in [0.1, 0.15) is 23.5 Å². The highest BCUT2D eigenvalue weighted by Crippen LogP contribution is 2.51. The first-order valence-electron chi connectivity index (χ1n) is 12.5. The molecule has 1 unspecified atom stereocenters. The predicted octanol–water partition coefficient (Wildman–Crippen LogP) is 2.79. The minimum Gasteiger partial charge on any atom is -0.496 e. The van der Waals surface area contributed by atoms with Gasteiger partial charge in [0.2, 0.25) is 11.8 Å². The molecule has 1 saturated carbocycles. The number of nitrogens with one attached hydrogen (secondary N) is 2. The molecule has 4 aliphatic rings. The second kappa shape index (κ2) is 7.59. The van der Waals surface area contributed by atoms with E-state index in [2.05, 4.69) is 16.4 Å². The van der Waals surface area contributed by atoms with Gasteiger partial charge in [-0.3, -0.25) is 14.4 Å². The maximum atomic E-state index is 14.0. The summed E-state index contributed by atoms with van der Waals surface area (Å²) in [6.07, 6.45) is 1.69. The van der Waals surface area contributed by atoms with Crippen LogP contribution < -0.4 is 10.1 Å². The van der Waals surface area contributed by atoms with E-state index < -0.39 is 17.5 Å². The average molecular weight is 496 g/mol. The second-order valence-electron chi connectivity index (χ2n) is 10.5. The Balaban J connectivity index is 1.20. The zero-order valence-corrected chi connectivity index (χ0v) is 20.2. The van der Waals surface area contributed by atoms with E-state index in [1.54, 1.807) is 18.1 Å². The standard InChI is InChI=1S/C28H25N5O4/c1-37-24-8-4-7-19-17(24)11-21(30-19)25(34)33-22-9-15(22)10-23(33)26(35)32-14-28(12-16(32)13-29)18-5-2-3-6-20(18)31-27(28)36/h2-8,11,15-16,22-23,30H,9-10,12,14H2,1H3,(H,31,36)/t15-,16+,22?,23+,28+/m1/s1. The summed E-state index contributed by atoms with van der Waals surface area (Å²) in [5, 5.41) is 13.7. The number of aromatic amines is 1. The van der Waals surface area contributed by atoms with Gasteiger partial charge < -0.3 is 24.8 Å². The van der Waals surface area contributed by atoms with E-state index in [9.17, 15) is 19.6 Å². The first-order chi connectivity index (χ1) is 17.9. The van der Waals surface area contributed by atoms with Crippen molar-refractivity contribution in [1.82, 2.24) is 14.8 Å². The Labute approximate surface area is 213 Å². The molecule has 2 N–H and O–H groups in total. The summed E-state index contributed by atoms with van der Waals surface area (Å²) in [4.78, 5) is 47.3. The van der Waals surface area contributed by atoms with E-state index in [-0.39, 0.29) is 42.6 Å². The molecular formula is C28H25N5O4. The van der Waals surface area contributed by atoms with E-state index in [0.717, 1.165) is 28.6 Å². The van der Waals surface area contributed by atoms with E-state index >= 15 is 0 Å². The largest absolute Gasteiger partial charge is 0.496 e. The molecule has 1 aromatic heterocycles. The van der Waals surface area contributed by atoms with Crippen molar-refractivity contribution in [2.45, 2.75) is 42.8 Å². The molecule has 2 saturated heterocycles. The summed E-state index contributed by atoms with van der Waals surface area (Å²) in [5.41, 5.74) is 1.80. The highest BCUT2D eigenvalue weighted by molar-refractivity contribution is 6.08. The summed E-state index contributed by atoms with van der Waals surface area (Å²) < 4.78 is 5.44. The highest BCUT2D eigenvalue weighted by atomic mass is 16.5. The van der Waals surface area contributed by atoms with Gasteiger partial charge in [-0.2, -0.15) is 5.26 Å². The van der Waals surface area contributed by atoms with Crippen molar-refractivity contribution in [2.24, 2.45) is 5.92 Å². The molecule has 9 nitrogen and oxygen atoms in total. The van der Waals surface area contributed by atoms with Crippen LogP contribution >= 0.6 is 0 Å². The van der Waals surface area contributed by atoms with Crippen LogP contribution in [0.3, 0.4) is 0 Å². The molecule has 3 aliphatic heterocycles. The van der Waals surface area contributed by atoms with Crippen LogP contribution in [0.15, 0.2) is 48.5 Å². The predicted molar refractivity (Wildman–Crippen MR) is 134 cm³/mol. The molecule has 9 heteroatoms. The number of likely N-dealkylation sites (tertiary alicyclic amines) is 2. The first kappa shape index (κ1) is 21.9. The number of fused-ring (bicyclic) bond motifs is 4. The minimum absolute atomic E-state index is 0.0161. The number of aromatic nitrogens is 1. The van der Waals surface area contributed by atoms with Gasteiger partial charge in [-0.25, -0.2) is 0 Å². The molecule has 5 atom stereocenters. The van der Waals surface area contributed by atoms with Crippen LogP contribution in [-0.4, -0.2) is 64.3 Å². The van der Waals surface area contributed by atoms with Gasteiger partial charge in [0.05, 0.1) is 18.6 Å². The fourth-order valence-corrected chi connectivity index (χ4v) is 6.71. The van der Waals surface area contributed by atoms with E-state index in [4.69, 9.17) is 4.74 Å². The Hall–Kier alpha value is -4.32. The van der Waals surface area contributed by atoms with Gasteiger partial charge in [-0.15, -0.1) is 0 Å². The molecule has 37 heavy (non-hydrogen) atoms. The Morgan fingerprint density at radius 2 is 2.00 bits per heavy atom. The number of nitrogens with zero attached hydrogens (tertiary/aromatic N) is 3. The van der Waals surface area contributed by atoms with E-state index in [0.29, 0.717) is 17.9 Å². The van der Waals surface area contributed by atoms with Gasteiger partial charge in [0.25, 0.3) is 5.91 Å². The third kappa shape index (κ3) is 2.99. The molecule has 2 aromatic carbocycles. The summed E-state index contributed by atoms with van der Waals surface area (Å²) in [6.45, 7) is 0.129. The van der Waals surface area contributed by atoms with Crippen molar-refractivity contribution in [1.29, 1.82) is 5.26 Å². The smallest absolute Gasteiger partial charge is 0.271 e. The van der Waals surface area contributed by atoms with Crippen LogP contribution in [-0.2, 0) is 15.0 Å². The van der Waals surface area contributed by atoms with Crippen molar-refractivity contribution >= 4 is 34.3 Å². The molecule has 0 bridgehead atoms. The van der Waals surface area contributed by atoms with Crippen molar-refractivity contribution in [3.8, 4) is 11.8 Å². The van der Waals surface area contributed by atoms with Crippen molar-refractivity contribution in [2.75, 3.05) is 19.0 Å². The Bertz CT molecular complexity index is 1540. The number of hydrogen-bond donors (Lipinski definition) is 2. The van der Waals surface area contributed by atoms with Crippen LogP contribution in [0.4, 0.5) is 5.69 Å². The maximum absolute atomic E-state index is 14.0. The zero-order valence-electron chi connectivity index (χ0n) is 20.2. The fraction of sp³-hybridized carbons (Fsp3) is 0.357. The van der Waals surface area contributed by atoms with Crippen molar-refractivity contribution in [3.63, 3.8) is 0 Å². The quantitative estimate of drug-likeness (QED) is 0.579. The number of carbonyl (C=O) groups is 3. The first-order valence-corrected chi connectivity index (χ1v) is 12.5. The number of H-pyrrole nitrogens is 1. The summed E-state index contributed by atoms with van der Waals surface area (Å²) >= 11 is 0. The third-order valence-corrected chi connectivity index (χ3v) is 8.61. The molecule has 7 rings (SSSR count). The van der Waals surface area contributed by atoms with Gasteiger partial charge in [0, 0.05) is 35.6 Å². The van der Waals surface area contributed by atoms with Crippen LogP contribution in [0.2, 0.25) is 0 Å². The SMILES string of the molecule is COc1cccc2[nH]c(C(=O)N3C4C[C@@H]4C[C@H]3C(=O)N3C[C@]4(C[C@H]3C#N)C(=O)Nc3ccccc34)cc12. The number of hydrogen-bond acceptors (Lipinski definition) is 5. The Kier molecular flexibility index (Phi) is 4.50. The number of carbonyl (C=O) groups excluding carboxylic acids is 3. The van der Waals surface area contributed by atoms with Crippen LogP contribution in [0.5, 0.6) is 5.75 Å². The molecule has 3 fully saturated rings. The molecule has 4 heterocycles. The molecule has 3 aromatic rings. The molecule has 3 amide bonds. The number of anilines is 1. The lowest BCUT2D eigenvalue weighted by molar-refractivity contribution is -0.136. The second-order valence-corrected chi connectivity index (χ2v) is 10.5. The van der Waals surface area contributed by atoms with Gasteiger partial charge in [-0.05, 0) is 48.6 Å². The molecule has 1 aliphatic carbocycles. The van der Waals surface area contributed by atoms with Gasteiger partial charge in [-0.1, -0.05) is 24.3 Å². The van der Waals surface area contributed by atoms with Crippen molar-refractivity contribution < 1.29 is 19.1 Å². The van der Waals surface area contributed by atoms with Gasteiger partial charge in [0.15, 0.2) is 0 Å². The monoisotopic (exact) mass is 495 g/mol. The number of ether oxygens (including phenoxy) is 1. The highest BCUT2D eigenvalue weighted by Gasteiger charge is 2.61. The van der Waals surface area contributed by atoms with Crippen molar-refractivity contribution in [3.05, 3.63) is 59.8 Å². The number of para-hydroxylation sites is 1. The lowest BCUT2D eigenvalue weighted by Gasteiger charge is -2.31. The third-order valence-electron chi connectivity index (χ3n) is 8.61.